The molecule has 4 bridgehead atoms. The molecule has 5 rings (SSSR count). The molecule has 0 radical (unpaired) electrons. The minimum Gasteiger partial charge on any atom is -0.439 e. The van der Waals surface area contributed by atoms with E-state index in [9.17, 15) is 53.4 Å². The number of aliphatic hydroxyl groups is 2. The van der Waals surface area contributed by atoms with Crippen LogP contribution in [-0.2, 0) is 62.0 Å². The van der Waals surface area contributed by atoms with E-state index in [2.05, 4.69) is 24.5 Å². The van der Waals surface area contributed by atoms with E-state index in [-0.39, 0.29) is 69.8 Å². The van der Waals surface area contributed by atoms with Crippen LogP contribution in [0.4, 0.5) is 9.59 Å². The van der Waals surface area contributed by atoms with Crippen LogP contribution in [0.1, 0.15) is 114 Å². The minimum absolute atomic E-state index is 0.104. The summed E-state index contributed by atoms with van der Waals surface area (Å²) in [6.45, 7) is 19.0. The molecule has 0 spiro atoms. The summed E-state index contributed by atoms with van der Waals surface area (Å²) in [5, 5.41) is 27.2. The van der Waals surface area contributed by atoms with Gasteiger partial charge in [-0.1, -0.05) is 83.2 Å². The SMILES string of the molecule is CCC(C)N1CCCC1=O.CO[C@H]1/C=C\C=C(/C)C(=O)NC2=CC(=O)C(N)=C(C[C@@H](C)C[C@H](OC)[C@H](O)[C@@H](C)/C=C(\C)[C@@H]1OC(N)=O)C2=O.CO[C@H]1/C=C\C=C(/C)C(=O)NC2=CC(=O)C(N)=C(C[C@@H](C)C[C@H](OC)[C@H](O)[C@@H](C)/C=C(\C)[C@@H]1OC(N)=O)C2=O. The van der Waals surface area contributed by atoms with Gasteiger partial charge in [-0.3, -0.25) is 33.6 Å². The molecule has 13 atom stereocenters. The normalized spacial score (nSPS) is 32.0. The third-order valence-electron chi connectivity index (χ3n) is 15.9. The van der Waals surface area contributed by atoms with Crippen LogP contribution in [0.3, 0.4) is 0 Å². The van der Waals surface area contributed by atoms with Crippen LogP contribution in [0.25, 0.3) is 0 Å². The molecular weight excluding hydrogens is 1140 g/mol. The Labute approximate surface area is 516 Å². The summed E-state index contributed by atoms with van der Waals surface area (Å²) in [4.78, 5) is 113. The summed E-state index contributed by atoms with van der Waals surface area (Å²) in [7, 11) is 5.79. The number of nitrogens with one attached hydrogen (secondary N) is 2. The first-order valence-corrected chi connectivity index (χ1v) is 29.3. The molecule has 0 saturated carbocycles. The first kappa shape index (κ1) is 74.6. The van der Waals surface area contributed by atoms with Crippen LogP contribution in [0.15, 0.2) is 117 Å². The molecule has 12 N–H and O–H groups in total. The molecule has 24 nitrogen and oxygen atoms in total. The third kappa shape index (κ3) is 21.3. The Hall–Kier alpha value is -7.61. The van der Waals surface area contributed by atoms with E-state index in [1.54, 1.807) is 52.0 Å². The van der Waals surface area contributed by atoms with Crippen molar-refractivity contribution in [2.75, 3.05) is 35.0 Å². The number of nitrogens with zero attached hydrogens (tertiary/aromatic N) is 1. The largest absolute Gasteiger partial charge is 0.439 e. The lowest BCUT2D eigenvalue weighted by Gasteiger charge is -2.29. The standard InChI is InChI=1S/2C28H39N3O8.C8H15NO/c2*1-14-10-18-23(29)20(32)13-19(25(18)34)31-27(35)15(2)8-7-9-21(37-5)26(39-28(30)36)17(4)12-16(3)24(33)22(11-14)38-6;1-3-7(2)9-6-4-5-8(9)10/h2*7-9,12-14,16,21-22,24,26,33H,10-11,29H2,1-6H3,(H2,30,36)(H,31,35);7H,3-6H2,1-2H3/b2*9-7-,15-8+,17-12+;/t2*14-,16+,21+,22+,24-,26+;/m11./s1. The zero-order valence-corrected chi connectivity index (χ0v) is 53.2. The van der Waals surface area contributed by atoms with Gasteiger partial charge in [-0.05, 0) is 96.1 Å². The Morgan fingerprint density at radius 3 is 1.32 bits per heavy atom. The van der Waals surface area contributed by atoms with E-state index in [0.717, 1.165) is 38.0 Å². The molecule has 486 valence electrons. The summed E-state index contributed by atoms with van der Waals surface area (Å²) in [6.07, 6.45) is 10.00. The number of primary amides is 2. The number of ketones is 4. The summed E-state index contributed by atoms with van der Waals surface area (Å²) in [5.41, 5.74) is 23.7. The van der Waals surface area contributed by atoms with Crippen LogP contribution in [0.5, 0.6) is 0 Å². The molecule has 24 heteroatoms. The number of methoxy groups -OCH3 is 4. The van der Waals surface area contributed by atoms with Gasteiger partial charge in [0, 0.05) is 93.7 Å². The van der Waals surface area contributed by atoms with Gasteiger partial charge in [0.2, 0.25) is 29.0 Å². The smallest absolute Gasteiger partial charge is 0.405 e. The number of fused-ring (bicyclic) bond motifs is 4. The van der Waals surface area contributed by atoms with Crippen molar-refractivity contribution in [3.63, 3.8) is 0 Å². The molecule has 1 saturated heterocycles. The van der Waals surface area contributed by atoms with E-state index in [1.165, 1.54) is 66.6 Å². The fourth-order valence-corrected chi connectivity index (χ4v) is 10.6. The number of rotatable bonds is 8. The van der Waals surface area contributed by atoms with Crippen LogP contribution >= 0.6 is 0 Å². The highest BCUT2D eigenvalue weighted by atomic mass is 16.6. The zero-order chi connectivity index (χ0) is 66.4. The number of hydrogen-bond acceptors (Lipinski definition) is 19. The molecule has 0 aromatic carbocycles. The van der Waals surface area contributed by atoms with Gasteiger partial charge in [-0.2, -0.15) is 0 Å². The number of nitrogens with two attached hydrogens (primary N) is 4. The van der Waals surface area contributed by atoms with E-state index in [4.69, 9.17) is 51.4 Å². The lowest BCUT2D eigenvalue weighted by molar-refractivity contribution is -0.129. The molecule has 0 aromatic rings. The fourth-order valence-electron chi connectivity index (χ4n) is 10.6. The molecular formula is C64H93N7O17. The summed E-state index contributed by atoms with van der Waals surface area (Å²) < 4.78 is 32.9. The van der Waals surface area contributed by atoms with Crippen LogP contribution in [0.2, 0.25) is 0 Å². The molecule has 3 heterocycles. The number of likely N-dealkylation sites (tertiary alicyclic amines) is 1. The zero-order valence-electron chi connectivity index (χ0n) is 53.2. The van der Waals surface area contributed by atoms with Gasteiger partial charge in [0.15, 0.2) is 12.2 Å². The molecule has 1 unspecified atom stereocenters. The highest BCUT2D eigenvalue weighted by molar-refractivity contribution is 6.24. The van der Waals surface area contributed by atoms with Gasteiger partial charge >= 0.3 is 12.2 Å². The Morgan fingerprint density at radius 1 is 0.636 bits per heavy atom. The van der Waals surface area contributed by atoms with Gasteiger partial charge in [0.1, 0.15) is 12.2 Å². The summed E-state index contributed by atoms with van der Waals surface area (Å²) in [5.74, 6) is -4.39. The maximum atomic E-state index is 13.2. The molecule has 5 amide bonds. The highest BCUT2D eigenvalue weighted by Gasteiger charge is 2.36. The van der Waals surface area contributed by atoms with Crippen LogP contribution in [0, 0.1) is 23.7 Å². The Bertz CT molecular complexity index is 2740. The molecule has 2 aliphatic carbocycles. The van der Waals surface area contributed by atoms with Crippen molar-refractivity contribution in [2.45, 2.75) is 169 Å². The van der Waals surface area contributed by atoms with E-state index >= 15 is 0 Å². The number of ether oxygens (including phenoxy) is 6. The predicted octanol–water partition coefficient (Wildman–Crippen LogP) is 4.85. The van der Waals surface area contributed by atoms with E-state index in [1.807, 2.05) is 18.7 Å². The first-order chi connectivity index (χ1) is 41.3. The van der Waals surface area contributed by atoms with Gasteiger partial charge < -0.3 is 77.1 Å². The van der Waals surface area contributed by atoms with Crippen LogP contribution in [-0.4, -0.2) is 158 Å². The number of allylic oxidation sites excluding steroid dienone is 8. The molecule has 3 aliphatic heterocycles. The van der Waals surface area contributed by atoms with Gasteiger partial charge in [-0.25, -0.2) is 9.59 Å². The van der Waals surface area contributed by atoms with Gasteiger partial charge in [0.25, 0.3) is 11.8 Å². The van der Waals surface area contributed by atoms with E-state index in [0.29, 0.717) is 35.9 Å². The van der Waals surface area contributed by atoms with Crippen molar-refractivity contribution in [2.24, 2.45) is 46.6 Å². The maximum absolute atomic E-state index is 13.2. The predicted molar refractivity (Wildman–Crippen MR) is 328 cm³/mol. The second-order valence-electron chi connectivity index (χ2n) is 22.9. The van der Waals surface area contributed by atoms with Crippen LogP contribution < -0.4 is 33.6 Å². The number of amides is 5. The van der Waals surface area contributed by atoms with Crippen molar-refractivity contribution in [3.05, 3.63) is 117 Å². The number of carbonyl (C=O) groups excluding carboxylic acids is 9. The average molecular weight is 1230 g/mol. The summed E-state index contributed by atoms with van der Waals surface area (Å²) >= 11 is 0. The lowest BCUT2D eigenvalue weighted by atomic mass is 9.85. The molecule has 5 aliphatic rings. The highest BCUT2D eigenvalue weighted by Crippen LogP contribution is 2.31. The van der Waals surface area contributed by atoms with E-state index < -0.39 is 108 Å². The fraction of sp³-hybridized carbons (Fsp3) is 0.547. The Morgan fingerprint density at radius 2 is 1.01 bits per heavy atom. The minimum atomic E-state index is -1.00. The quantitative estimate of drug-likeness (QED) is 0.119. The number of aliphatic hydroxyl groups excluding tert-OH is 2. The first-order valence-electron chi connectivity index (χ1n) is 29.3. The number of carbonyl (C=O) groups is 9. The maximum Gasteiger partial charge on any atom is 0.405 e. The van der Waals surface area contributed by atoms with Gasteiger partial charge in [0.05, 0.1) is 47.2 Å². The van der Waals surface area contributed by atoms with Crippen molar-refractivity contribution in [1.82, 2.24) is 15.5 Å². The number of Topliss-reactive ketones (excluding diaryl/α,β-unsaturated/α-hetero) is 2. The number of hydrogen-bond donors (Lipinski definition) is 8. The van der Waals surface area contributed by atoms with Gasteiger partial charge in [-0.15, -0.1) is 0 Å². The van der Waals surface area contributed by atoms with Crippen molar-refractivity contribution in [3.8, 4) is 0 Å². The average Bonchev–Trinajstić information content (AvgIpc) is 3.22. The Balaban J connectivity index is 0.000000396. The second-order valence-corrected chi connectivity index (χ2v) is 22.9. The summed E-state index contributed by atoms with van der Waals surface area (Å²) in [6, 6.07) is 0.454. The van der Waals surface area contributed by atoms with Crippen molar-refractivity contribution >= 4 is 53.0 Å². The third-order valence-corrected chi connectivity index (χ3v) is 15.9. The monoisotopic (exact) mass is 1230 g/mol. The van der Waals surface area contributed by atoms with Crippen molar-refractivity contribution in [1.29, 1.82) is 0 Å². The molecule has 1 fully saturated rings. The Kier molecular flexibility index (Phi) is 30.0. The lowest BCUT2D eigenvalue weighted by Crippen LogP contribution is -2.37. The molecule has 0 aromatic heterocycles. The topological polar surface area (TPSA) is 381 Å². The molecule has 88 heavy (non-hydrogen) atoms. The van der Waals surface area contributed by atoms with Crippen molar-refractivity contribution < 1.29 is 81.8 Å². The second kappa shape index (κ2) is 35.4.